The summed E-state index contributed by atoms with van der Waals surface area (Å²) in [5.41, 5.74) is 11.8. The summed E-state index contributed by atoms with van der Waals surface area (Å²) in [4.78, 5) is 2.39. The molecule has 0 saturated heterocycles. The van der Waals surface area contributed by atoms with Gasteiger partial charge in [-0.3, -0.25) is 0 Å². The molecule has 1 aromatic heterocycles. The standard InChI is InChI=1S/C54H36N2/c1-2-15-42(16-3-1)56-52-22-9-8-19-50(52)54-49(21-11-23-53(54)56)40-28-33-44(34-29-40)55(45-35-30-41-25-24-38-13-5-7-18-48(38)51(41)36-45)43-31-26-39(27-32-43)47-20-10-14-37-12-4-6-17-46(37)47/h1-36H. The number of hydrogen-bond donors (Lipinski definition) is 0. The molecular weight excluding hydrogens is 677 g/mol. The lowest BCUT2D eigenvalue weighted by Crippen LogP contribution is -2.10. The Bertz CT molecular complexity index is 3220. The van der Waals surface area contributed by atoms with E-state index >= 15 is 0 Å². The minimum Gasteiger partial charge on any atom is -0.310 e. The summed E-state index contributed by atoms with van der Waals surface area (Å²) in [6.45, 7) is 0. The molecule has 0 saturated carbocycles. The first kappa shape index (κ1) is 32.0. The highest BCUT2D eigenvalue weighted by molar-refractivity contribution is 6.16. The maximum Gasteiger partial charge on any atom is 0.0547 e. The second kappa shape index (κ2) is 13.2. The first-order valence-corrected chi connectivity index (χ1v) is 19.3. The van der Waals surface area contributed by atoms with Crippen LogP contribution in [0.5, 0.6) is 0 Å². The molecule has 0 aliphatic heterocycles. The summed E-state index contributed by atoms with van der Waals surface area (Å²) in [5.74, 6) is 0. The average Bonchev–Trinajstić information content (AvgIpc) is 3.62. The molecule has 2 nitrogen and oxygen atoms in total. The van der Waals surface area contributed by atoms with Gasteiger partial charge in [0, 0.05) is 33.5 Å². The molecule has 0 fully saturated rings. The zero-order valence-corrected chi connectivity index (χ0v) is 30.7. The van der Waals surface area contributed by atoms with E-state index in [2.05, 4.69) is 228 Å². The van der Waals surface area contributed by atoms with Crippen LogP contribution in [0.1, 0.15) is 0 Å². The fourth-order valence-electron chi connectivity index (χ4n) is 8.75. The van der Waals surface area contributed by atoms with Gasteiger partial charge < -0.3 is 9.47 Å². The van der Waals surface area contributed by atoms with Crippen LogP contribution in [0.3, 0.4) is 0 Å². The van der Waals surface area contributed by atoms with Crippen LogP contribution in [0.2, 0.25) is 0 Å². The van der Waals surface area contributed by atoms with Crippen molar-refractivity contribution in [3.63, 3.8) is 0 Å². The summed E-state index contributed by atoms with van der Waals surface area (Å²) in [5, 5.41) is 10.0. The van der Waals surface area contributed by atoms with Gasteiger partial charge in [0.25, 0.3) is 0 Å². The van der Waals surface area contributed by atoms with Crippen LogP contribution in [0.15, 0.2) is 218 Å². The third-order valence-corrected chi connectivity index (χ3v) is 11.4. The molecule has 0 aliphatic carbocycles. The zero-order valence-electron chi connectivity index (χ0n) is 30.7. The Kier molecular flexibility index (Phi) is 7.53. The molecule has 56 heavy (non-hydrogen) atoms. The van der Waals surface area contributed by atoms with Crippen LogP contribution in [-0.4, -0.2) is 4.57 Å². The largest absolute Gasteiger partial charge is 0.310 e. The van der Waals surface area contributed by atoms with E-state index in [4.69, 9.17) is 0 Å². The van der Waals surface area contributed by atoms with Crippen molar-refractivity contribution in [3.05, 3.63) is 218 Å². The van der Waals surface area contributed by atoms with Crippen molar-refractivity contribution in [3.8, 4) is 27.9 Å². The van der Waals surface area contributed by atoms with Crippen LogP contribution in [-0.2, 0) is 0 Å². The van der Waals surface area contributed by atoms with Gasteiger partial charge in [-0.15, -0.1) is 0 Å². The van der Waals surface area contributed by atoms with Gasteiger partial charge in [0.1, 0.15) is 0 Å². The highest BCUT2D eigenvalue weighted by atomic mass is 15.1. The Balaban J connectivity index is 1.06. The second-order valence-electron chi connectivity index (χ2n) is 14.5. The van der Waals surface area contributed by atoms with Gasteiger partial charge in [-0.1, -0.05) is 158 Å². The number of benzene rings is 10. The fourth-order valence-corrected chi connectivity index (χ4v) is 8.75. The van der Waals surface area contributed by atoms with Crippen LogP contribution < -0.4 is 4.90 Å². The molecule has 11 aromatic rings. The van der Waals surface area contributed by atoms with Crippen LogP contribution in [0, 0.1) is 0 Å². The normalized spacial score (nSPS) is 11.6. The highest BCUT2D eigenvalue weighted by Crippen LogP contribution is 2.42. The van der Waals surface area contributed by atoms with Gasteiger partial charge in [0.15, 0.2) is 0 Å². The molecule has 0 spiro atoms. The summed E-state index contributed by atoms with van der Waals surface area (Å²) in [7, 11) is 0. The Hall–Kier alpha value is -7.42. The molecule has 262 valence electrons. The number of fused-ring (bicyclic) bond motifs is 7. The Labute approximate surface area is 325 Å². The van der Waals surface area contributed by atoms with E-state index < -0.39 is 0 Å². The van der Waals surface area contributed by atoms with E-state index in [9.17, 15) is 0 Å². The summed E-state index contributed by atoms with van der Waals surface area (Å²) in [6.07, 6.45) is 0. The molecule has 11 rings (SSSR count). The Morgan fingerprint density at radius 1 is 0.304 bits per heavy atom. The molecule has 0 unspecified atom stereocenters. The maximum absolute atomic E-state index is 2.39. The molecule has 0 radical (unpaired) electrons. The topological polar surface area (TPSA) is 8.17 Å². The molecule has 0 atom stereocenters. The quantitative estimate of drug-likeness (QED) is 0.156. The minimum atomic E-state index is 1.10. The first-order valence-electron chi connectivity index (χ1n) is 19.3. The van der Waals surface area contributed by atoms with Gasteiger partial charge in [-0.25, -0.2) is 0 Å². The molecule has 10 aromatic carbocycles. The number of hydrogen-bond acceptors (Lipinski definition) is 1. The van der Waals surface area contributed by atoms with E-state index in [0.29, 0.717) is 0 Å². The Morgan fingerprint density at radius 2 is 0.804 bits per heavy atom. The zero-order chi connectivity index (χ0) is 37.0. The predicted molar refractivity (Wildman–Crippen MR) is 239 cm³/mol. The van der Waals surface area contributed by atoms with Gasteiger partial charge in [0.05, 0.1) is 11.0 Å². The van der Waals surface area contributed by atoms with Crippen molar-refractivity contribution in [1.82, 2.24) is 4.57 Å². The third-order valence-electron chi connectivity index (χ3n) is 11.4. The number of anilines is 3. The monoisotopic (exact) mass is 712 g/mol. The summed E-state index contributed by atoms with van der Waals surface area (Å²) in [6, 6.07) is 79.5. The summed E-state index contributed by atoms with van der Waals surface area (Å²) >= 11 is 0. The Morgan fingerprint density at radius 3 is 1.55 bits per heavy atom. The number of aromatic nitrogens is 1. The SMILES string of the molecule is c1ccc(-n2c3ccccc3c3c(-c4ccc(N(c5ccc(-c6cccc7ccccc67)cc5)c5ccc6ccc7ccccc7c6c5)cc4)cccc32)cc1. The van der Waals surface area contributed by atoms with Crippen LogP contribution in [0.25, 0.3) is 82.1 Å². The molecule has 1 heterocycles. The van der Waals surface area contributed by atoms with E-state index in [1.807, 2.05) is 0 Å². The van der Waals surface area contributed by atoms with E-state index in [-0.39, 0.29) is 0 Å². The van der Waals surface area contributed by atoms with E-state index in [0.717, 1.165) is 22.7 Å². The van der Waals surface area contributed by atoms with Crippen molar-refractivity contribution < 1.29 is 0 Å². The first-order chi connectivity index (χ1) is 27.8. The van der Waals surface area contributed by atoms with Gasteiger partial charge in [-0.2, -0.15) is 0 Å². The lowest BCUT2D eigenvalue weighted by Gasteiger charge is -2.26. The maximum atomic E-state index is 2.39. The van der Waals surface area contributed by atoms with Gasteiger partial charge in [-0.05, 0) is 115 Å². The minimum absolute atomic E-state index is 1.10. The van der Waals surface area contributed by atoms with Crippen molar-refractivity contribution in [2.75, 3.05) is 4.90 Å². The van der Waals surface area contributed by atoms with Crippen molar-refractivity contribution in [2.24, 2.45) is 0 Å². The van der Waals surface area contributed by atoms with Crippen molar-refractivity contribution in [2.45, 2.75) is 0 Å². The van der Waals surface area contributed by atoms with E-state index in [1.165, 1.54) is 76.4 Å². The highest BCUT2D eigenvalue weighted by Gasteiger charge is 2.18. The number of nitrogens with zero attached hydrogens (tertiary/aromatic N) is 2. The van der Waals surface area contributed by atoms with Crippen molar-refractivity contribution >= 4 is 71.2 Å². The smallest absolute Gasteiger partial charge is 0.0547 e. The third kappa shape index (κ3) is 5.26. The predicted octanol–water partition coefficient (Wildman–Crippen LogP) is 15.0. The molecule has 0 amide bonds. The van der Waals surface area contributed by atoms with Crippen LogP contribution in [0.4, 0.5) is 17.1 Å². The number of rotatable bonds is 6. The van der Waals surface area contributed by atoms with Crippen LogP contribution >= 0.6 is 0 Å². The van der Waals surface area contributed by atoms with Gasteiger partial charge in [0.2, 0.25) is 0 Å². The molecular formula is C54H36N2. The lowest BCUT2D eigenvalue weighted by molar-refractivity contribution is 1.18. The summed E-state index contributed by atoms with van der Waals surface area (Å²) < 4.78 is 2.38. The van der Waals surface area contributed by atoms with E-state index in [1.54, 1.807) is 0 Å². The lowest BCUT2D eigenvalue weighted by atomic mass is 9.97. The van der Waals surface area contributed by atoms with Crippen molar-refractivity contribution in [1.29, 1.82) is 0 Å². The molecule has 0 N–H and O–H groups in total. The van der Waals surface area contributed by atoms with Gasteiger partial charge >= 0.3 is 0 Å². The fraction of sp³-hybridized carbons (Fsp3) is 0. The molecule has 2 heteroatoms. The second-order valence-corrected chi connectivity index (χ2v) is 14.5. The molecule has 0 bridgehead atoms. The molecule has 0 aliphatic rings. The number of para-hydroxylation sites is 2. The average molecular weight is 713 g/mol.